The summed E-state index contributed by atoms with van der Waals surface area (Å²) < 4.78 is 20.9. The first-order chi connectivity index (χ1) is 21.4. The van der Waals surface area contributed by atoms with Gasteiger partial charge >= 0.3 is 7.82 Å². The summed E-state index contributed by atoms with van der Waals surface area (Å²) in [6, 6.07) is -5.84. The fourth-order valence-corrected chi connectivity index (χ4v) is 5.50. The minimum Gasteiger partial charge on any atom is -0.368 e. The van der Waals surface area contributed by atoms with Crippen molar-refractivity contribution < 1.29 is 47.3 Å². The molecule has 1 aliphatic rings. The lowest BCUT2D eigenvalue weighted by Crippen LogP contribution is -2.59. The number of phosphoric ester groups is 1. The summed E-state index contributed by atoms with van der Waals surface area (Å²) in [5, 5.41) is 10.1. The molecule has 1 saturated heterocycles. The fourth-order valence-electron chi connectivity index (χ4n) is 4.88. The number of hydrogen-bond donors (Lipinski definition) is 7. The topological polar surface area (TPSA) is 264 Å². The van der Waals surface area contributed by atoms with E-state index in [0.29, 0.717) is 25.1 Å². The average Bonchev–Trinajstić information content (AvgIpc) is 3.67. The number of H-pyrrole nitrogens is 1. The number of nitrogens with zero attached hydrogens (tertiary/aromatic N) is 2. The van der Waals surface area contributed by atoms with Crippen LogP contribution >= 0.6 is 7.82 Å². The van der Waals surface area contributed by atoms with Crippen molar-refractivity contribution in [3.05, 3.63) is 18.2 Å². The van der Waals surface area contributed by atoms with Crippen molar-refractivity contribution in [2.45, 2.75) is 96.6 Å². The van der Waals surface area contributed by atoms with E-state index in [9.17, 15) is 38.2 Å². The summed E-state index contributed by atoms with van der Waals surface area (Å²) in [6.45, 7) is 8.06. The summed E-state index contributed by atoms with van der Waals surface area (Å²) in [6.07, 6.45) is 2.73. The summed E-state index contributed by atoms with van der Waals surface area (Å²) in [4.78, 5) is 94.7. The molecule has 2 unspecified atom stereocenters. The number of nitrogens with two attached hydrogens (primary N) is 1. The lowest BCUT2D eigenvalue weighted by atomic mass is 10.0. The third kappa shape index (κ3) is 11.5. The van der Waals surface area contributed by atoms with Gasteiger partial charge in [-0.05, 0) is 39.0 Å². The first-order valence-electron chi connectivity index (χ1n) is 14.8. The third-order valence-corrected chi connectivity index (χ3v) is 8.33. The zero-order chi connectivity index (χ0) is 34.8. The molecule has 0 aliphatic carbocycles. The van der Waals surface area contributed by atoms with Crippen molar-refractivity contribution in [2.75, 3.05) is 13.7 Å². The molecule has 258 valence electrons. The zero-order valence-electron chi connectivity index (χ0n) is 26.8. The van der Waals surface area contributed by atoms with E-state index in [1.54, 1.807) is 0 Å². The van der Waals surface area contributed by atoms with Gasteiger partial charge in [-0.1, -0.05) is 13.8 Å². The van der Waals surface area contributed by atoms with Gasteiger partial charge in [0.05, 0.1) is 12.4 Å². The Hall–Kier alpha value is -3.86. The van der Waals surface area contributed by atoms with Crippen molar-refractivity contribution in [2.24, 2.45) is 11.7 Å². The van der Waals surface area contributed by atoms with E-state index in [1.807, 2.05) is 13.8 Å². The average molecular weight is 673 g/mol. The van der Waals surface area contributed by atoms with Crippen LogP contribution in [0.1, 0.15) is 59.6 Å². The first-order valence-corrected chi connectivity index (χ1v) is 16.3. The molecule has 1 fully saturated rings. The molecule has 18 nitrogen and oxygen atoms in total. The van der Waals surface area contributed by atoms with E-state index in [4.69, 9.17) is 10.3 Å². The molecule has 2 rings (SSSR count). The van der Waals surface area contributed by atoms with E-state index in [2.05, 4.69) is 35.8 Å². The Morgan fingerprint density at radius 3 is 2.26 bits per heavy atom. The first kappa shape index (κ1) is 38.3. The summed E-state index contributed by atoms with van der Waals surface area (Å²) in [5.41, 5.74) is 5.83. The van der Waals surface area contributed by atoms with Crippen LogP contribution < -0.4 is 27.0 Å². The molecule has 2 heterocycles. The van der Waals surface area contributed by atoms with Crippen LogP contribution in [-0.2, 0) is 48.8 Å². The minimum atomic E-state index is -4.53. The van der Waals surface area contributed by atoms with Gasteiger partial charge in [0, 0.05) is 38.9 Å². The van der Waals surface area contributed by atoms with Gasteiger partial charge in [-0.2, -0.15) is 0 Å². The predicted octanol–water partition coefficient (Wildman–Crippen LogP) is -1.39. The maximum Gasteiger partial charge on any atom is 0.472 e. The van der Waals surface area contributed by atoms with Gasteiger partial charge in [-0.25, -0.2) is 9.55 Å². The highest BCUT2D eigenvalue weighted by molar-refractivity contribution is 7.47. The highest BCUT2D eigenvalue weighted by Crippen LogP contribution is 2.43. The molecule has 1 aromatic rings. The standard InChI is InChI=1S/C27H45N8O10P/c1-14(2)10-19(33-27(41)21-8-7-9-35(21)17(5)36)26(40)32-20(11-18-12-29-13-30-18)25(39)31-15(3)24(38)34-22(23(28)37)16(4)45-46(42,43)44-6/h12-16,19-22H,7-11H2,1-6H3,(H2,28,37)(H,29,30)(H,31,39)(H,32,40)(H,33,41)(H,34,38)(H,42,43)/t15-,16+,19-,20-,21?,22-/m0/s1. The SMILES string of the molecule is COP(=O)(O)O[C@H](C)[C@H](NC(=O)[C@H](C)NC(=O)[C@H](Cc1cnc[nH]1)NC(=O)[C@H](CC(C)C)NC(=O)C1CCCN1C(C)=O)C(N)=O. The summed E-state index contributed by atoms with van der Waals surface area (Å²) >= 11 is 0. The Balaban J connectivity index is 2.18. The number of carbonyl (C=O) groups is 6. The van der Waals surface area contributed by atoms with Gasteiger partial charge in [-0.3, -0.25) is 37.8 Å². The van der Waals surface area contributed by atoms with Crippen molar-refractivity contribution in [3.8, 4) is 0 Å². The van der Waals surface area contributed by atoms with Crippen LogP contribution in [0, 0.1) is 5.92 Å². The van der Waals surface area contributed by atoms with Crippen LogP contribution in [0.3, 0.4) is 0 Å². The largest absolute Gasteiger partial charge is 0.472 e. The molecule has 6 amide bonds. The van der Waals surface area contributed by atoms with E-state index in [0.717, 1.165) is 7.11 Å². The smallest absolute Gasteiger partial charge is 0.368 e. The van der Waals surface area contributed by atoms with Crippen LogP contribution in [0.5, 0.6) is 0 Å². The Kier molecular flexibility index (Phi) is 14.3. The molecule has 1 aliphatic heterocycles. The quantitative estimate of drug-likeness (QED) is 0.0947. The Morgan fingerprint density at radius 1 is 1.07 bits per heavy atom. The van der Waals surface area contributed by atoms with Crippen molar-refractivity contribution in [1.82, 2.24) is 36.1 Å². The molecule has 0 radical (unpaired) electrons. The number of aromatic nitrogens is 2. The number of nitrogens with one attached hydrogen (secondary N) is 5. The second kappa shape index (κ2) is 17.2. The lowest BCUT2D eigenvalue weighted by Gasteiger charge is -2.28. The number of hydrogen-bond acceptors (Lipinski definition) is 10. The van der Waals surface area contributed by atoms with Gasteiger partial charge in [-0.15, -0.1) is 0 Å². The van der Waals surface area contributed by atoms with Crippen molar-refractivity contribution >= 4 is 43.3 Å². The van der Waals surface area contributed by atoms with Gasteiger partial charge in [0.25, 0.3) is 0 Å². The maximum atomic E-state index is 13.5. The number of carbonyl (C=O) groups excluding carboxylic acids is 6. The molecule has 0 aromatic carbocycles. The monoisotopic (exact) mass is 672 g/mol. The number of primary amides is 1. The van der Waals surface area contributed by atoms with E-state index < -0.39 is 73.7 Å². The molecular formula is C27H45N8O10P. The molecule has 8 N–H and O–H groups in total. The van der Waals surface area contributed by atoms with Crippen LogP contribution in [-0.4, -0.2) is 105 Å². The van der Waals surface area contributed by atoms with E-state index in [-0.39, 0.29) is 24.7 Å². The summed E-state index contributed by atoms with van der Waals surface area (Å²) in [5.74, 6) is -4.15. The molecular weight excluding hydrogens is 627 g/mol. The number of amides is 6. The number of imidazole rings is 1. The number of aromatic amines is 1. The highest BCUT2D eigenvalue weighted by atomic mass is 31.2. The second-order valence-electron chi connectivity index (χ2n) is 11.5. The molecule has 0 spiro atoms. The van der Waals surface area contributed by atoms with Gasteiger partial charge in [0.2, 0.25) is 35.4 Å². The Morgan fingerprint density at radius 2 is 1.72 bits per heavy atom. The number of phosphoric acid groups is 1. The molecule has 0 bridgehead atoms. The van der Waals surface area contributed by atoms with Crippen molar-refractivity contribution in [3.63, 3.8) is 0 Å². The van der Waals surface area contributed by atoms with Crippen LogP contribution in [0.15, 0.2) is 12.5 Å². The molecule has 0 saturated carbocycles. The van der Waals surface area contributed by atoms with Crippen LogP contribution in [0.2, 0.25) is 0 Å². The Labute approximate surface area is 266 Å². The Bertz CT molecular complexity index is 1290. The summed E-state index contributed by atoms with van der Waals surface area (Å²) in [7, 11) is -3.61. The van der Waals surface area contributed by atoms with Crippen LogP contribution in [0.25, 0.3) is 0 Å². The van der Waals surface area contributed by atoms with E-state index in [1.165, 1.54) is 38.2 Å². The molecule has 46 heavy (non-hydrogen) atoms. The van der Waals surface area contributed by atoms with Crippen molar-refractivity contribution in [1.29, 1.82) is 0 Å². The molecule has 19 heteroatoms. The van der Waals surface area contributed by atoms with E-state index >= 15 is 0 Å². The van der Waals surface area contributed by atoms with Crippen LogP contribution in [0.4, 0.5) is 0 Å². The van der Waals surface area contributed by atoms with Gasteiger partial charge in [0.1, 0.15) is 30.2 Å². The third-order valence-electron chi connectivity index (χ3n) is 7.27. The van der Waals surface area contributed by atoms with Gasteiger partial charge < -0.3 is 41.8 Å². The maximum absolute atomic E-state index is 13.5. The van der Waals surface area contributed by atoms with Gasteiger partial charge in [0.15, 0.2) is 0 Å². The fraction of sp³-hybridized carbons (Fsp3) is 0.667. The predicted molar refractivity (Wildman–Crippen MR) is 162 cm³/mol. The lowest BCUT2D eigenvalue weighted by molar-refractivity contribution is -0.138. The normalized spacial score (nSPS) is 19.2. The number of likely N-dealkylation sites (tertiary alicyclic amines) is 1. The molecule has 1 aromatic heterocycles. The number of rotatable bonds is 17. The zero-order valence-corrected chi connectivity index (χ0v) is 27.7. The minimum absolute atomic E-state index is 0.0275. The highest BCUT2D eigenvalue weighted by Gasteiger charge is 2.37. The second-order valence-corrected chi connectivity index (χ2v) is 13.0. The molecule has 7 atom stereocenters.